The van der Waals surface area contributed by atoms with E-state index in [0.717, 1.165) is 10.2 Å². The summed E-state index contributed by atoms with van der Waals surface area (Å²) in [6.07, 6.45) is 10.1. The molecule has 2 atom stereocenters. The van der Waals surface area contributed by atoms with Gasteiger partial charge >= 0.3 is 0 Å². The second kappa shape index (κ2) is 11.4. The fraction of sp³-hybridized carbons (Fsp3) is 0.889. The normalized spacial score (nSPS) is 17.4. The molecular formula is C18H40N2Si. The number of nitrogens with one attached hydrogen (secondary N) is 2. The first kappa shape index (κ1) is 20.9. The summed E-state index contributed by atoms with van der Waals surface area (Å²) >= 11 is 0. The van der Waals surface area contributed by atoms with Crippen molar-refractivity contribution in [3.05, 3.63) is 11.8 Å². The van der Waals surface area contributed by atoms with Gasteiger partial charge in [0.25, 0.3) is 0 Å². The summed E-state index contributed by atoms with van der Waals surface area (Å²) in [4.78, 5) is 0. The van der Waals surface area contributed by atoms with E-state index in [0.29, 0.717) is 12.1 Å². The van der Waals surface area contributed by atoms with Gasteiger partial charge in [-0.05, 0) is 32.6 Å². The van der Waals surface area contributed by atoms with E-state index in [-0.39, 0.29) is 5.66 Å². The lowest BCUT2D eigenvalue weighted by molar-refractivity contribution is 0.248. The van der Waals surface area contributed by atoms with E-state index in [4.69, 9.17) is 0 Å². The van der Waals surface area contributed by atoms with Crippen LogP contribution in [-0.2, 0) is 0 Å². The molecule has 0 aliphatic rings. The summed E-state index contributed by atoms with van der Waals surface area (Å²) in [5.41, 5.74) is -0.0882. The van der Waals surface area contributed by atoms with Crippen molar-refractivity contribution in [3.8, 4) is 0 Å². The van der Waals surface area contributed by atoms with Crippen LogP contribution in [0.2, 0.25) is 0 Å². The Morgan fingerprint density at radius 2 is 1.33 bits per heavy atom. The quantitative estimate of drug-likeness (QED) is 0.400. The van der Waals surface area contributed by atoms with Gasteiger partial charge in [0.15, 0.2) is 0 Å². The maximum absolute atomic E-state index is 4.30. The van der Waals surface area contributed by atoms with E-state index in [1.54, 1.807) is 0 Å². The zero-order valence-electron chi connectivity index (χ0n) is 15.5. The van der Waals surface area contributed by atoms with Crippen LogP contribution in [0.5, 0.6) is 0 Å². The highest BCUT2D eigenvalue weighted by molar-refractivity contribution is 6.22. The monoisotopic (exact) mass is 312 g/mol. The van der Waals surface area contributed by atoms with E-state index in [1.807, 2.05) is 0 Å². The van der Waals surface area contributed by atoms with Crippen LogP contribution in [0.4, 0.5) is 0 Å². The Balaban J connectivity index is 4.75. The second-order valence-electron chi connectivity index (χ2n) is 6.69. The topological polar surface area (TPSA) is 24.1 Å². The lowest BCUT2D eigenvalue weighted by Gasteiger charge is -2.40. The smallest absolute Gasteiger partial charge is 0.0835 e. The van der Waals surface area contributed by atoms with Crippen LogP contribution >= 0.6 is 0 Å². The highest BCUT2D eigenvalue weighted by Gasteiger charge is 2.29. The third-order valence-electron chi connectivity index (χ3n) is 4.64. The summed E-state index contributed by atoms with van der Waals surface area (Å²) in [5, 5.41) is 9.09. The summed E-state index contributed by atoms with van der Waals surface area (Å²) in [7, 11) is 1.03. The predicted molar refractivity (Wildman–Crippen MR) is 101 cm³/mol. The first-order valence-electron chi connectivity index (χ1n) is 9.14. The van der Waals surface area contributed by atoms with Gasteiger partial charge in [-0.1, -0.05) is 58.6 Å². The van der Waals surface area contributed by atoms with Gasteiger partial charge in [-0.25, -0.2) is 0 Å². The second-order valence-corrected chi connectivity index (χ2v) is 7.90. The van der Waals surface area contributed by atoms with Crippen molar-refractivity contribution in [2.75, 3.05) is 0 Å². The zero-order chi connectivity index (χ0) is 16.3. The lowest BCUT2D eigenvalue weighted by atomic mass is 10.0. The molecule has 2 N–H and O–H groups in total. The molecule has 0 rings (SSSR count). The van der Waals surface area contributed by atoms with Gasteiger partial charge in [-0.2, -0.15) is 0 Å². The van der Waals surface area contributed by atoms with Gasteiger partial charge in [0.05, 0.1) is 5.66 Å². The molecule has 0 aliphatic carbocycles. The molecule has 0 aromatic carbocycles. The van der Waals surface area contributed by atoms with Crippen molar-refractivity contribution < 1.29 is 0 Å². The Labute approximate surface area is 137 Å². The largest absolute Gasteiger partial charge is 0.294 e. The summed E-state index contributed by atoms with van der Waals surface area (Å²) < 4.78 is 0. The molecule has 0 aliphatic heterocycles. The van der Waals surface area contributed by atoms with Gasteiger partial charge < -0.3 is 0 Å². The molecule has 3 heteroatoms. The zero-order valence-corrected chi connectivity index (χ0v) is 17.5. The number of unbranched alkanes of at least 4 members (excludes halogenated alkanes) is 2. The van der Waals surface area contributed by atoms with E-state index in [1.165, 1.54) is 56.6 Å². The number of hydrogen-bond donors (Lipinski definition) is 2. The predicted octanol–water partition coefficient (Wildman–Crippen LogP) is 3.70. The van der Waals surface area contributed by atoms with E-state index in [2.05, 4.69) is 51.8 Å². The molecule has 2 nitrogen and oxygen atoms in total. The van der Waals surface area contributed by atoms with Crippen molar-refractivity contribution in [1.82, 2.24) is 10.6 Å². The molecule has 0 fully saturated rings. The van der Waals surface area contributed by atoms with Gasteiger partial charge in [-0.15, -0.1) is 6.58 Å². The van der Waals surface area contributed by atoms with Crippen LogP contribution < -0.4 is 10.6 Å². The maximum Gasteiger partial charge on any atom is 0.0835 e. The van der Waals surface area contributed by atoms with Crippen LogP contribution in [-0.4, -0.2) is 28.0 Å². The standard InChI is InChI=1S/C18H40N2Si/c1-7-11-13-16(9-3)19-18(6,15(5)21)20-17(10-4)14-12-8-2/h16-17,19-20H,5,7-14H2,1-4,6,21H3. The molecule has 21 heavy (non-hydrogen) atoms. The van der Waals surface area contributed by atoms with Crippen molar-refractivity contribution in [2.24, 2.45) is 0 Å². The molecule has 0 amide bonds. The Kier molecular flexibility index (Phi) is 11.4. The van der Waals surface area contributed by atoms with Crippen molar-refractivity contribution >= 4 is 10.2 Å². The molecule has 0 heterocycles. The highest BCUT2D eigenvalue weighted by atomic mass is 28.1. The minimum atomic E-state index is -0.0882. The third kappa shape index (κ3) is 8.17. The van der Waals surface area contributed by atoms with Crippen molar-refractivity contribution in [1.29, 1.82) is 0 Å². The highest BCUT2D eigenvalue weighted by Crippen LogP contribution is 2.17. The van der Waals surface area contributed by atoms with Crippen molar-refractivity contribution in [2.45, 2.75) is 104 Å². The summed E-state index contributed by atoms with van der Waals surface area (Å²) in [6, 6.07) is 1.19. The Morgan fingerprint density at radius 1 is 0.952 bits per heavy atom. The molecule has 0 bridgehead atoms. The van der Waals surface area contributed by atoms with Gasteiger partial charge in [0.2, 0.25) is 0 Å². The van der Waals surface area contributed by atoms with Gasteiger partial charge in [0.1, 0.15) is 0 Å². The molecule has 126 valence electrons. The average Bonchev–Trinajstić information content (AvgIpc) is 2.47. The minimum Gasteiger partial charge on any atom is -0.294 e. The number of rotatable bonds is 13. The molecule has 0 aromatic heterocycles. The third-order valence-corrected chi connectivity index (χ3v) is 5.64. The lowest BCUT2D eigenvalue weighted by Crippen LogP contribution is -2.61. The van der Waals surface area contributed by atoms with Crippen LogP contribution in [0.15, 0.2) is 11.8 Å². The minimum absolute atomic E-state index is 0.0882. The van der Waals surface area contributed by atoms with Gasteiger partial charge in [-0.3, -0.25) is 10.6 Å². The van der Waals surface area contributed by atoms with Gasteiger partial charge in [0, 0.05) is 22.3 Å². The molecule has 0 radical (unpaired) electrons. The van der Waals surface area contributed by atoms with Crippen LogP contribution in [0.25, 0.3) is 0 Å². The van der Waals surface area contributed by atoms with Crippen LogP contribution in [0.3, 0.4) is 0 Å². The fourth-order valence-corrected chi connectivity index (χ4v) is 3.05. The Bertz CT molecular complexity index is 260. The average molecular weight is 313 g/mol. The van der Waals surface area contributed by atoms with Crippen molar-refractivity contribution in [3.63, 3.8) is 0 Å². The SMILES string of the molecule is C=C([SiH3])C(C)(NC(CC)CCCC)NC(CC)CCCC. The Hall–Kier alpha value is -0.123. The van der Waals surface area contributed by atoms with Crippen LogP contribution in [0.1, 0.15) is 86.0 Å². The summed E-state index contributed by atoms with van der Waals surface area (Å²) in [5.74, 6) is 0. The van der Waals surface area contributed by atoms with E-state index >= 15 is 0 Å². The van der Waals surface area contributed by atoms with Crippen LogP contribution in [0, 0.1) is 0 Å². The molecule has 0 aromatic rings. The van der Waals surface area contributed by atoms with E-state index in [9.17, 15) is 0 Å². The fourth-order valence-electron chi connectivity index (χ4n) is 2.76. The first-order valence-corrected chi connectivity index (χ1v) is 10.1. The Morgan fingerprint density at radius 3 is 1.57 bits per heavy atom. The maximum atomic E-state index is 4.30. The number of hydrogen-bond acceptors (Lipinski definition) is 2. The molecule has 0 saturated heterocycles. The first-order chi connectivity index (χ1) is 9.93. The molecule has 0 spiro atoms. The molecule has 2 unspecified atom stereocenters. The molecular weight excluding hydrogens is 272 g/mol. The summed E-state index contributed by atoms with van der Waals surface area (Å²) in [6.45, 7) is 15.7. The molecule has 0 saturated carbocycles. The van der Waals surface area contributed by atoms with E-state index < -0.39 is 0 Å².